The molecule has 0 aromatic carbocycles. The summed E-state index contributed by atoms with van der Waals surface area (Å²) in [7, 11) is 0. The Kier molecular flexibility index (Phi) is 5.27. The highest BCUT2D eigenvalue weighted by Gasteiger charge is 2.20. The van der Waals surface area contributed by atoms with E-state index in [1.807, 2.05) is 20.0 Å². The number of hydrogen-bond donors (Lipinski definition) is 2. The van der Waals surface area contributed by atoms with Gasteiger partial charge in [-0.2, -0.15) is 0 Å². The van der Waals surface area contributed by atoms with E-state index in [4.69, 9.17) is 0 Å². The van der Waals surface area contributed by atoms with Crippen LogP contribution in [0.4, 0.5) is 0 Å². The van der Waals surface area contributed by atoms with Crippen LogP contribution in [0.5, 0.6) is 0 Å². The highest BCUT2D eigenvalue weighted by molar-refractivity contribution is 6.05. The van der Waals surface area contributed by atoms with Crippen molar-refractivity contribution < 1.29 is 4.79 Å². The molecule has 0 bridgehead atoms. The van der Waals surface area contributed by atoms with Crippen LogP contribution in [0.2, 0.25) is 0 Å². The highest BCUT2D eigenvalue weighted by atomic mass is 16.2. The van der Waals surface area contributed by atoms with Crippen LogP contribution in [0, 0.1) is 0 Å². The van der Waals surface area contributed by atoms with Gasteiger partial charge in [-0.3, -0.25) is 19.1 Å². The predicted octanol–water partition coefficient (Wildman–Crippen LogP) is 1.69. The maximum Gasteiger partial charge on any atom is 0.329 e. The lowest BCUT2D eigenvalue weighted by atomic mass is 10.0. The molecule has 30 heavy (non-hydrogen) atoms. The van der Waals surface area contributed by atoms with E-state index >= 15 is 0 Å². The van der Waals surface area contributed by atoms with Crippen molar-refractivity contribution in [3.8, 4) is 0 Å². The molecule has 0 saturated carbocycles. The van der Waals surface area contributed by atoms with E-state index in [2.05, 4.69) is 24.8 Å². The molecular weight excluding hydrogens is 384 g/mol. The number of hydrogen-bond acceptors (Lipinski definition) is 5. The van der Waals surface area contributed by atoms with Gasteiger partial charge in [0, 0.05) is 31.4 Å². The van der Waals surface area contributed by atoms with Crippen molar-refractivity contribution in [3.05, 3.63) is 55.9 Å². The number of nitrogens with one attached hydrogen (secondary N) is 2. The molecule has 1 amide bonds. The molecule has 1 aliphatic heterocycles. The number of amides is 1. The van der Waals surface area contributed by atoms with E-state index in [0.29, 0.717) is 12.2 Å². The van der Waals surface area contributed by atoms with Crippen LogP contribution in [0.15, 0.2) is 21.9 Å². The molecular formula is C21H26N6O3. The zero-order chi connectivity index (χ0) is 21.4. The molecule has 2 N–H and O–H groups in total. The number of aromatic nitrogens is 5. The normalized spacial score (nSPS) is 13.6. The van der Waals surface area contributed by atoms with E-state index in [1.165, 1.54) is 4.57 Å². The Morgan fingerprint density at radius 2 is 2.07 bits per heavy atom. The quantitative estimate of drug-likeness (QED) is 0.664. The molecule has 0 saturated heterocycles. The van der Waals surface area contributed by atoms with Crippen LogP contribution in [0.1, 0.15) is 67.1 Å². The van der Waals surface area contributed by atoms with E-state index in [9.17, 15) is 14.4 Å². The van der Waals surface area contributed by atoms with Crippen LogP contribution in [-0.4, -0.2) is 30.0 Å². The average Bonchev–Trinajstić information content (AvgIpc) is 3.14. The number of carbonyl (C=O) groups is 1. The monoisotopic (exact) mass is 410 g/mol. The molecule has 9 nitrogen and oxygen atoms in total. The van der Waals surface area contributed by atoms with Gasteiger partial charge in [0.2, 0.25) is 0 Å². The summed E-state index contributed by atoms with van der Waals surface area (Å²) in [5.41, 5.74) is 0.763. The highest BCUT2D eigenvalue weighted by Crippen LogP contribution is 2.20. The Balaban J connectivity index is 1.73. The molecule has 9 heteroatoms. The van der Waals surface area contributed by atoms with Crippen molar-refractivity contribution in [2.75, 3.05) is 0 Å². The van der Waals surface area contributed by atoms with Crippen LogP contribution in [0.3, 0.4) is 0 Å². The first-order valence-corrected chi connectivity index (χ1v) is 10.4. The fourth-order valence-electron chi connectivity index (χ4n) is 3.88. The second kappa shape index (κ2) is 7.89. The number of carbonyl (C=O) groups excluding carboxylic acids is 1. The number of rotatable bonds is 5. The van der Waals surface area contributed by atoms with Gasteiger partial charge in [-0.05, 0) is 31.7 Å². The molecule has 0 spiro atoms. The summed E-state index contributed by atoms with van der Waals surface area (Å²) in [6.07, 6.45) is 5.19. The summed E-state index contributed by atoms with van der Waals surface area (Å²) in [5, 5.41) is 3.01. The van der Waals surface area contributed by atoms with E-state index in [-0.39, 0.29) is 35.0 Å². The van der Waals surface area contributed by atoms with Gasteiger partial charge >= 0.3 is 5.69 Å². The lowest BCUT2D eigenvalue weighted by molar-refractivity contribution is 0.0951. The van der Waals surface area contributed by atoms with Crippen LogP contribution in [-0.2, 0) is 26.1 Å². The van der Waals surface area contributed by atoms with Gasteiger partial charge in [0.1, 0.15) is 5.82 Å². The molecule has 1 aliphatic rings. The molecule has 158 valence electrons. The second-order valence-electron chi connectivity index (χ2n) is 7.93. The van der Waals surface area contributed by atoms with Gasteiger partial charge in [0.05, 0.1) is 23.2 Å². The van der Waals surface area contributed by atoms with Gasteiger partial charge in [0.25, 0.3) is 11.5 Å². The Hall–Kier alpha value is -3.23. The standard InChI is InChI=1S/C21H26N6O3/c1-4-27-18-17(20(29)25-21(27)30)14(9-15(24-18)12(2)3)19(28)22-10-13-11-26-8-6-5-7-16(26)23-13/h9,11-12H,4-8,10H2,1-3H3,(H,22,28)(H,25,29,30). The number of aryl methyl sites for hydroxylation is 3. The van der Waals surface area contributed by atoms with Crippen molar-refractivity contribution in [1.29, 1.82) is 0 Å². The zero-order valence-electron chi connectivity index (χ0n) is 17.5. The van der Waals surface area contributed by atoms with E-state index < -0.39 is 11.2 Å². The van der Waals surface area contributed by atoms with Gasteiger partial charge in [-0.1, -0.05) is 13.8 Å². The van der Waals surface area contributed by atoms with Crippen molar-refractivity contribution in [1.82, 2.24) is 29.4 Å². The summed E-state index contributed by atoms with van der Waals surface area (Å²) in [5.74, 6) is 0.688. The minimum atomic E-state index is -0.606. The molecule has 0 fully saturated rings. The Bertz CT molecular complexity index is 1210. The average molecular weight is 410 g/mol. The summed E-state index contributed by atoms with van der Waals surface area (Å²) in [4.78, 5) is 49.3. The first kappa shape index (κ1) is 20.1. The third-order valence-corrected chi connectivity index (χ3v) is 5.51. The topological polar surface area (TPSA) is 115 Å². The number of pyridine rings is 1. The molecule has 0 unspecified atom stereocenters. The van der Waals surface area contributed by atoms with Gasteiger partial charge in [-0.15, -0.1) is 0 Å². The third-order valence-electron chi connectivity index (χ3n) is 5.51. The van der Waals surface area contributed by atoms with Crippen LogP contribution in [0.25, 0.3) is 11.0 Å². The zero-order valence-corrected chi connectivity index (χ0v) is 17.5. The second-order valence-corrected chi connectivity index (χ2v) is 7.93. The lowest BCUT2D eigenvalue weighted by Crippen LogP contribution is -2.33. The molecule has 3 aromatic rings. The van der Waals surface area contributed by atoms with Crippen molar-refractivity contribution >= 4 is 16.9 Å². The molecule has 4 rings (SSSR count). The Morgan fingerprint density at radius 3 is 2.77 bits per heavy atom. The van der Waals surface area contributed by atoms with Crippen molar-refractivity contribution in [2.45, 2.75) is 65.6 Å². The van der Waals surface area contributed by atoms with Gasteiger partial charge < -0.3 is 9.88 Å². The maximum absolute atomic E-state index is 13.1. The fourth-order valence-corrected chi connectivity index (χ4v) is 3.88. The van der Waals surface area contributed by atoms with Gasteiger partial charge in [0.15, 0.2) is 5.65 Å². The van der Waals surface area contributed by atoms with E-state index in [0.717, 1.165) is 37.3 Å². The van der Waals surface area contributed by atoms with Crippen molar-refractivity contribution in [3.63, 3.8) is 0 Å². The molecule has 0 radical (unpaired) electrons. The number of nitrogens with zero attached hydrogens (tertiary/aromatic N) is 4. The first-order chi connectivity index (χ1) is 14.4. The molecule has 0 aliphatic carbocycles. The largest absolute Gasteiger partial charge is 0.346 e. The summed E-state index contributed by atoms with van der Waals surface area (Å²) >= 11 is 0. The van der Waals surface area contributed by atoms with Crippen LogP contribution >= 0.6 is 0 Å². The third kappa shape index (κ3) is 3.55. The minimum absolute atomic E-state index is 0.0283. The summed E-state index contributed by atoms with van der Waals surface area (Å²) in [6, 6.07) is 1.64. The molecule has 4 heterocycles. The molecule has 3 aromatic heterocycles. The molecule has 0 atom stereocenters. The number of fused-ring (bicyclic) bond motifs is 2. The minimum Gasteiger partial charge on any atom is -0.346 e. The number of H-pyrrole nitrogens is 1. The SMILES string of the molecule is CCn1c(=O)[nH]c(=O)c2c(C(=O)NCc3cn4c(n3)CCCC4)cc(C(C)C)nc21. The number of imidazole rings is 1. The maximum atomic E-state index is 13.1. The summed E-state index contributed by atoms with van der Waals surface area (Å²) < 4.78 is 3.51. The number of aromatic amines is 1. The van der Waals surface area contributed by atoms with Gasteiger partial charge in [-0.25, -0.2) is 14.8 Å². The van der Waals surface area contributed by atoms with E-state index in [1.54, 1.807) is 13.0 Å². The predicted molar refractivity (Wildman–Crippen MR) is 113 cm³/mol. The first-order valence-electron chi connectivity index (χ1n) is 10.4. The Morgan fingerprint density at radius 1 is 1.27 bits per heavy atom. The van der Waals surface area contributed by atoms with Crippen LogP contribution < -0.4 is 16.6 Å². The summed E-state index contributed by atoms with van der Waals surface area (Å²) in [6.45, 7) is 7.25. The van der Waals surface area contributed by atoms with Crippen molar-refractivity contribution in [2.24, 2.45) is 0 Å². The Labute approximate surface area is 173 Å². The lowest BCUT2D eigenvalue weighted by Gasteiger charge is -2.13. The fraction of sp³-hybridized carbons (Fsp3) is 0.476. The smallest absolute Gasteiger partial charge is 0.329 e.